The standard InChI is InChI=1S/C9H18N2O2/c1-8(12)3-4-11-6-5-10(2)7-9(11)13/h8,12H,3-7H2,1-2H3. The quantitative estimate of drug-likeness (QED) is 0.648. The van der Waals surface area contributed by atoms with Crippen LogP contribution >= 0.6 is 0 Å². The Balaban J connectivity index is 2.30. The normalized spacial score (nSPS) is 22.1. The van der Waals surface area contributed by atoms with E-state index < -0.39 is 0 Å². The second kappa shape index (κ2) is 4.58. The summed E-state index contributed by atoms with van der Waals surface area (Å²) in [4.78, 5) is 15.3. The summed E-state index contributed by atoms with van der Waals surface area (Å²) in [5, 5.41) is 9.07. The third kappa shape index (κ3) is 3.32. The van der Waals surface area contributed by atoms with E-state index in [4.69, 9.17) is 5.11 Å². The van der Waals surface area contributed by atoms with Gasteiger partial charge in [-0.25, -0.2) is 0 Å². The van der Waals surface area contributed by atoms with Crippen molar-refractivity contribution in [2.45, 2.75) is 19.4 Å². The zero-order valence-corrected chi connectivity index (χ0v) is 8.36. The average molecular weight is 186 g/mol. The first-order valence-corrected chi connectivity index (χ1v) is 4.74. The van der Waals surface area contributed by atoms with E-state index in [1.807, 2.05) is 16.8 Å². The van der Waals surface area contributed by atoms with Crippen LogP contribution in [0.2, 0.25) is 0 Å². The Kier molecular flexibility index (Phi) is 3.69. The number of carbonyl (C=O) groups is 1. The Morgan fingerprint density at radius 1 is 1.54 bits per heavy atom. The Bertz CT molecular complexity index is 182. The van der Waals surface area contributed by atoms with Crippen molar-refractivity contribution in [1.82, 2.24) is 9.80 Å². The van der Waals surface area contributed by atoms with Gasteiger partial charge in [-0.2, -0.15) is 0 Å². The highest BCUT2D eigenvalue weighted by Gasteiger charge is 2.20. The molecule has 0 aromatic heterocycles. The molecule has 1 N–H and O–H groups in total. The van der Waals surface area contributed by atoms with Gasteiger partial charge in [-0.15, -0.1) is 0 Å². The Hall–Kier alpha value is -0.610. The number of amides is 1. The van der Waals surface area contributed by atoms with E-state index in [2.05, 4.69) is 0 Å². The molecule has 1 fully saturated rings. The van der Waals surface area contributed by atoms with Crippen LogP contribution in [0.1, 0.15) is 13.3 Å². The number of nitrogens with zero attached hydrogens (tertiary/aromatic N) is 2. The van der Waals surface area contributed by atoms with Gasteiger partial charge in [0.15, 0.2) is 0 Å². The number of piperazine rings is 1. The molecule has 1 atom stereocenters. The first-order chi connectivity index (χ1) is 6.09. The average Bonchev–Trinajstić information content (AvgIpc) is 2.02. The van der Waals surface area contributed by atoms with Gasteiger partial charge in [0.25, 0.3) is 0 Å². The summed E-state index contributed by atoms with van der Waals surface area (Å²) in [7, 11) is 1.95. The molecule has 1 heterocycles. The van der Waals surface area contributed by atoms with Gasteiger partial charge in [-0.3, -0.25) is 9.69 Å². The molecule has 4 heteroatoms. The van der Waals surface area contributed by atoms with E-state index >= 15 is 0 Å². The van der Waals surface area contributed by atoms with Crippen molar-refractivity contribution in [1.29, 1.82) is 0 Å². The van der Waals surface area contributed by atoms with Gasteiger partial charge < -0.3 is 10.0 Å². The summed E-state index contributed by atoms with van der Waals surface area (Å²) in [5.41, 5.74) is 0. The molecule has 0 radical (unpaired) electrons. The molecular formula is C9H18N2O2. The molecule has 1 aliphatic rings. The molecule has 1 rings (SSSR count). The predicted molar refractivity (Wildman–Crippen MR) is 50.4 cm³/mol. The molecule has 0 aromatic carbocycles. The maximum atomic E-state index is 11.4. The third-order valence-electron chi connectivity index (χ3n) is 2.33. The third-order valence-corrected chi connectivity index (χ3v) is 2.33. The Morgan fingerprint density at radius 2 is 2.23 bits per heavy atom. The maximum absolute atomic E-state index is 11.4. The highest BCUT2D eigenvalue weighted by Crippen LogP contribution is 2.03. The summed E-state index contributed by atoms with van der Waals surface area (Å²) in [5.74, 6) is 0.175. The van der Waals surface area contributed by atoms with E-state index in [0.29, 0.717) is 19.5 Å². The number of carbonyl (C=O) groups excluding carboxylic acids is 1. The lowest BCUT2D eigenvalue weighted by Crippen LogP contribution is -2.49. The fraction of sp³-hybridized carbons (Fsp3) is 0.889. The molecule has 4 nitrogen and oxygen atoms in total. The van der Waals surface area contributed by atoms with Crippen molar-refractivity contribution in [3.8, 4) is 0 Å². The highest BCUT2D eigenvalue weighted by atomic mass is 16.3. The molecule has 0 saturated carbocycles. The lowest BCUT2D eigenvalue weighted by atomic mass is 10.2. The summed E-state index contributed by atoms with van der Waals surface area (Å²) in [6.07, 6.45) is 0.364. The van der Waals surface area contributed by atoms with Gasteiger partial charge in [0.05, 0.1) is 12.6 Å². The maximum Gasteiger partial charge on any atom is 0.236 e. The fourth-order valence-corrected chi connectivity index (χ4v) is 1.41. The van der Waals surface area contributed by atoms with Gasteiger partial charge in [-0.1, -0.05) is 0 Å². The van der Waals surface area contributed by atoms with Crippen LogP contribution in [0.3, 0.4) is 0 Å². The largest absolute Gasteiger partial charge is 0.393 e. The van der Waals surface area contributed by atoms with Crippen LogP contribution < -0.4 is 0 Å². The van der Waals surface area contributed by atoms with Crippen LogP contribution in [-0.2, 0) is 4.79 Å². The van der Waals surface area contributed by atoms with Crippen LogP contribution in [0.4, 0.5) is 0 Å². The van der Waals surface area contributed by atoms with E-state index in [9.17, 15) is 4.79 Å². The molecule has 1 aliphatic heterocycles. The van der Waals surface area contributed by atoms with Crippen LogP contribution in [0.15, 0.2) is 0 Å². The first kappa shape index (κ1) is 10.5. The molecule has 0 bridgehead atoms. The molecule has 1 unspecified atom stereocenters. The lowest BCUT2D eigenvalue weighted by Gasteiger charge is -2.32. The van der Waals surface area contributed by atoms with Gasteiger partial charge in [-0.05, 0) is 20.4 Å². The minimum Gasteiger partial charge on any atom is -0.393 e. The SMILES string of the molecule is CC(O)CCN1CCN(C)CC1=O. The van der Waals surface area contributed by atoms with Gasteiger partial charge >= 0.3 is 0 Å². The minimum atomic E-state index is -0.313. The van der Waals surface area contributed by atoms with Crippen molar-refractivity contribution in [3.05, 3.63) is 0 Å². The fourth-order valence-electron chi connectivity index (χ4n) is 1.41. The Labute approximate surface area is 79.1 Å². The molecule has 1 amide bonds. The number of aliphatic hydroxyl groups is 1. The van der Waals surface area contributed by atoms with Crippen LogP contribution in [0.25, 0.3) is 0 Å². The number of aliphatic hydroxyl groups excluding tert-OH is 1. The van der Waals surface area contributed by atoms with Crippen LogP contribution in [0.5, 0.6) is 0 Å². The van der Waals surface area contributed by atoms with Crippen molar-refractivity contribution in [3.63, 3.8) is 0 Å². The smallest absolute Gasteiger partial charge is 0.236 e. The van der Waals surface area contributed by atoms with Gasteiger partial charge in [0, 0.05) is 19.6 Å². The number of hydrogen-bond acceptors (Lipinski definition) is 3. The van der Waals surface area contributed by atoms with E-state index in [0.717, 1.165) is 13.1 Å². The van der Waals surface area contributed by atoms with Crippen molar-refractivity contribution >= 4 is 5.91 Å². The molecule has 13 heavy (non-hydrogen) atoms. The van der Waals surface area contributed by atoms with Crippen molar-refractivity contribution < 1.29 is 9.90 Å². The zero-order valence-electron chi connectivity index (χ0n) is 8.36. The molecule has 0 aromatic rings. The number of hydrogen-bond donors (Lipinski definition) is 1. The van der Waals surface area contributed by atoms with Crippen LogP contribution in [0, 0.1) is 0 Å². The molecule has 1 saturated heterocycles. The molecule has 0 aliphatic carbocycles. The number of rotatable bonds is 3. The molecule has 76 valence electrons. The monoisotopic (exact) mass is 186 g/mol. The minimum absolute atomic E-state index is 0.175. The summed E-state index contributed by atoms with van der Waals surface area (Å²) in [6.45, 7) is 4.68. The predicted octanol–water partition coefficient (Wildman–Crippen LogP) is -0.469. The van der Waals surface area contributed by atoms with Crippen molar-refractivity contribution in [2.75, 3.05) is 33.2 Å². The van der Waals surface area contributed by atoms with E-state index in [1.165, 1.54) is 0 Å². The second-order valence-corrected chi connectivity index (χ2v) is 3.76. The van der Waals surface area contributed by atoms with E-state index in [1.54, 1.807) is 6.92 Å². The molecule has 0 spiro atoms. The topological polar surface area (TPSA) is 43.8 Å². The summed E-state index contributed by atoms with van der Waals surface area (Å²) >= 11 is 0. The number of likely N-dealkylation sites (N-methyl/N-ethyl adjacent to an activating group) is 1. The lowest BCUT2D eigenvalue weighted by molar-refractivity contribution is -0.135. The van der Waals surface area contributed by atoms with Gasteiger partial charge in [0.1, 0.15) is 0 Å². The van der Waals surface area contributed by atoms with Crippen LogP contribution in [-0.4, -0.2) is 60.1 Å². The first-order valence-electron chi connectivity index (χ1n) is 4.74. The summed E-state index contributed by atoms with van der Waals surface area (Å²) < 4.78 is 0. The van der Waals surface area contributed by atoms with Gasteiger partial charge in [0.2, 0.25) is 5.91 Å². The van der Waals surface area contributed by atoms with Crippen molar-refractivity contribution in [2.24, 2.45) is 0 Å². The Morgan fingerprint density at radius 3 is 2.77 bits per heavy atom. The summed E-state index contributed by atoms with van der Waals surface area (Å²) in [6, 6.07) is 0. The molecular weight excluding hydrogens is 168 g/mol. The van der Waals surface area contributed by atoms with E-state index in [-0.39, 0.29) is 12.0 Å². The zero-order chi connectivity index (χ0) is 9.84. The second-order valence-electron chi connectivity index (χ2n) is 3.76. The highest BCUT2D eigenvalue weighted by molar-refractivity contribution is 5.78.